The van der Waals surface area contributed by atoms with E-state index in [-0.39, 0.29) is 16.6 Å². The van der Waals surface area contributed by atoms with Gasteiger partial charge in [-0.25, -0.2) is 12.7 Å². The first-order valence-corrected chi connectivity index (χ1v) is 9.54. The summed E-state index contributed by atoms with van der Waals surface area (Å²) in [5, 5.41) is 2.67. The molecule has 0 spiro atoms. The molecule has 0 aromatic heterocycles. The molecule has 0 bridgehead atoms. The number of hydrogen-bond acceptors (Lipinski definition) is 4. The van der Waals surface area contributed by atoms with Gasteiger partial charge in [-0.05, 0) is 38.5 Å². The van der Waals surface area contributed by atoms with Gasteiger partial charge in [-0.1, -0.05) is 0 Å². The van der Waals surface area contributed by atoms with Gasteiger partial charge in [-0.2, -0.15) is 0 Å². The van der Waals surface area contributed by atoms with Crippen molar-refractivity contribution in [1.82, 2.24) is 4.31 Å². The highest BCUT2D eigenvalue weighted by Crippen LogP contribution is 2.64. The van der Waals surface area contributed by atoms with Crippen LogP contribution in [0.1, 0.15) is 20.3 Å². The average Bonchev–Trinajstić information content (AvgIpc) is 3.00. The summed E-state index contributed by atoms with van der Waals surface area (Å²) < 4.78 is 30.3. The van der Waals surface area contributed by atoms with E-state index >= 15 is 0 Å². The van der Waals surface area contributed by atoms with Gasteiger partial charge in [0.1, 0.15) is 15.0 Å². The number of sulfonamides is 1. The van der Waals surface area contributed by atoms with Crippen molar-refractivity contribution in [2.75, 3.05) is 26.0 Å². The molecule has 1 amide bonds. The van der Waals surface area contributed by atoms with Crippen LogP contribution in [0.25, 0.3) is 0 Å². The molecule has 0 radical (unpaired) electrons. The predicted octanol–water partition coefficient (Wildman–Crippen LogP) is 2.86. The van der Waals surface area contributed by atoms with Gasteiger partial charge in [-0.15, -0.1) is 23.2 Å². The maximum absolute atomic E-state index is 12.5. The number of carbonyl (C=O) groups is 1. The van der Waals surface area contributed by atoms with Crippen LogP contribution in [-0.4, -0.2) is 43.7 Å². The number of benzene rings is 1. The van der Waals surface area contributed by atoms with Crippen molar-refractivity contribution in [2.45, 2.75) is 29.5 Å². The number of carbonyl (C=O) groups excluding carboxylic acids is 1. The molecule has 24 heavy (non-hydrogen) atoms. The zero-order valence-electron chi connectivity index (χ0n) is 13.9. The number of hydrogen-bond donors (Lipinski definition) is 1. The summed E-state index contributed by atoms with van der Waals surface area (Å²) in [4.78, 5) is 12.3. The number of nitrogens with zero attached hydrogens (tertiary/aromatic N) is 1. The zero-order valence-corrected chi connectivity index (χ0v) is 16.2. The summed E-state index contributed by atoms with van der Waals surface area (Å²) in [6.07, 6.45) is 0.342. The van der Waals surface area contributed by atoms with E-state index in [1.165, 1.54) is 26.2 Å². The molecule has 1 unspecified atom stereocenters. The second-order valence-electron chi connectivity index (χ2n) is 6.05. The number of halogens is 2. The first-order valence-electron chi connectivity index (χ1n) is 7.34. The lowest BCUT2D eigenvalue weighted by Gasteiger charge is -2.18. The van der Waals surface area contributed by atoms with Gasteiger partial charge >= 0.3 is 0 Å². The van der Waals surface area contributed by atoms with Gasteiger partial charge in [0.25, 0.3) is 0 Å². The van der Waals surface area contributed by atoms with E-state index in [0.717, 1.165) is 4.31 Å². The molecule has 1 N–H and O–H groups in total. The summed E-state index contributed by atoms with van der Waals surface area (Å²) in [6, 6.07) is 4.46. The van der Waals surface area contributed by atoms with E-state index < -0.39 is 19.8 Å². The van der Waals surface area contributed by atoms with E-state index in [1.807, 2.05) is 0 Å². The zero-order chi connectivity index (χ0) is 18.3. The van der Waals surface area contributed by atoms with E-state index in [9.17, 15) is 13.2 Å². The highest BCUT2D eigenvalue weighted by molar-refractivity contribution is 7.89. The Morgan fingerprint density at radius 2 is 1.96 bits per heavy atom. The minimum absolute atomic E-state index is 0.0175. The van der Waals surface area contributed by atoms with Crippen LogP contribution in [0.3, 0.4) is 0 Å². The van der Waals surface area contributed by atoms with Crippen molar-refractivity contribution in [3.05, 3.63) is 18.2 Å². The van der Waals surface area contributed by atoms with Gasteiger partial charge in [-0.3, -0.25) is 4.79 Å². The lowest BCUT2D eigenvalue weighted by atomic mass is 10.1. The smallest absolute Gasteiger partial charge is 0.246 e. The minimum Gasteiger partial charge on any atom is -0.492 e. The number of amides is 1. The fraction of sp³-hybridized carbons (Fsp3) is 0.533. The summed E-state index contributed by atoms with van der Waals surface area (Å²) >= 11 is 12.0. The Balaban J connectivity index is 2.35. The Morgan fingerprint density at radius 1 is 1.38 bits per heavy atom. The molecular weight excluding hydrogens is 375 g/mol. The maximum Gasteiger partial charge on any atom is 0.246 e. The van der Waals surface area contributed by atoms with Gasteiger partial charge in [0.05, 0.1) is 12.0 Å². The molecule has 2 rings (SSSR count). The molecule has 0 heterocycles. The van der Waals surface area contributed by atoms with Crippen molar-refractivity contribution < 1.29 is 17.9 Å². The second kappa shape index (κ2) is 6.37. The Bertz CT molecular complexity index is 765. The number of anilines is 1. The van der Waals surface area contributed by atoms with Crippen LogP contribution in [0, 0.1) is 5.41 Å². The van der Waals surface area contributed by atoms with Crippen LogP contribution in [0.2, 0.25) is 0 Å². The number of nitrogens with one attached hydrogen (secondary N) is 1. The Morgan fingerprint density at radius 3 is 2.42 bits per heavy atom. The number of ether oxygens (including phenoxy) is 1. The highest BCUT2D eigenvalue weighted by Gasteiger charge is 2.67. The first kappa shape index (κ1) is 19.3. The minimum atomic E-state index is -3.73. The van der Waals surface area contributed by atoms with Crippen molar-refractivity contribution in [3.8, 4) is 5.75 Å². The van der Waals surface area contributed by atoms with Crippen molar-refractivity contribution in [1.29, 1.82) is 0 Å². The Kier molecular flexibility index (Phi) is 5.12. The number of alkyl halides is 2. The molecule has 1 aliphatic carbocycles. The predicted molar refractivity (Wildman–Crippen MR) is 94.3 cm³/mol. The molecule has 1 aromatic rings. The summed E-state index contributed by atoms with van der Waals surface area (Å²) in [6.45, 7) is 3.74. The van der Waals surface area contributed by atoms with Crippen molar-refractivity contribution in [3.63, 3.8) is 0 Å². The molecule has 1 saturated carbocycles. The molecular formula is C15H20Cl2N2O4S. The topological polar surface area (TPSA) is 75.7 Å². The van der Waals surface area contributed by atoms with E-state index in [1.54, 1.807) is 19.9 Å². The molecule has 0 aliphatic heterocycles. The van der Waals surface area contributed by atoms with Crippen LogP contribution in [-0.2, 0) is 14.8 Å². The summed E-state index contributed by atoms with van der Waals surface area (Å²) in [7, 11) is -0.871. The molecule has 6 nitrogen and oxygen atoms in total. The lowest BCUT2D eigenvalue weighted by Crippen LogP contribution is -2.26. The van der Waals surface area contributed by atoms with Crippen LogP contribution >= 0.6 is 23.2 Å². The van der Waals surface area contributed by atoms with Crippen molar-refractivity contribution in [2.24, 2.45) is 5.41 Å². The highest BCUT2D eigenvalue weighted by atomic mass is 35.5. The third-order valence-corrected chi connectivity index (χ3v) is 6.96. The van der Waals surface area contributed by atoms with E-state index in [0.29, 0.717) is 18.7 Å². The van der Waals surface area contributed by atoms with Crippen LogP contribution in [0.5, 0.6) is 5.75 Å². The number of rotatable bonds is 6. The monoisotopic (exact) mass is 394 g/mol. The van der Waals surface area contributed by atoms with Gasteiger partial charge in [0, 0.05) is 19.8 Å². The average molecular weight is 395 g/mol. The lowest BCUT2D eigenvalue weighted by molar-refractivity contribution is -0.120. The second-order valence-corrected chi connectivity index (χ2v) is 9.65. The Hall–Kier alpha value is -1.02. The quantitative estimate of drug-likeness (QED) is 0.752. The molecule has 1 aliphatic rings. The van der Waals surface area contributed by atoms with Crippen LogP contribution in [0.4, 0.5) is 5.69 Å². The normalized spacial score (nSPS) is 22.3. The largest absolute Gasteiger partial charge is 0.492 e. The standard InChI is InChI=1S/C15H20Cl2N2O4S/c1-5-23-11-7-6-10(8-12(11)24(21,22)19(3)4)18-13(20)14(2)9-15(14,16)17/h6-8H,5,9H2,1-4H3,(H,18,20). The first-order chi connectivity index (χ1) is 11.0. The summed E-state index contributed by atoms with van der Waals surface area (Å²) in [5.41, 5.74) is -0.559. The van der Waals surface area contributed by atoms with Gasteiger partial charge in [0.15, 0.2) is 0 Å². The van der Waals surface area contributed by atoms with E-state index in [4.69, 9.17) is 27.9 Å². The SMILES string of the molecule is CCOc1ccc(NC(=O)C2(C)CC2(Cl)Cl)cc1S(=O)(=O)N(C)C. The summed E-state index contributed by atoms with van der Waals surface area (Å²) in [5.74, 6) is -0.129. The van der Waals surface area contributed by atoms with E-state index in [2.05, 4.69) is 5.32 Å². The molecule has 134 valence electrons. The molecule has 1 fully saturated rings. The van der Waals surface area contributed by atoms with Crippen LogP contribution < -0.4 is 10.1 Å². The van der Waals surface area contributed by atoms with Crippen LogP contribution in [0.15, 0.2) is 23.1 Å². The van der Waals surface area contributed by atoms with Crippen molar-refractivity contribution >= 4 is 44.8 Å². The molecule has 1 atom stereocenters. The maximum atomic E-state index is 12.5. The molecule has 0 saturated heterocycles. The third-order valence-electron chi connectivity index (χ3n) is 4.02. The third kappa shape index (κ3) is 3.35. The van der Waals surface area contributed by atoms with Gasteiger partial charge < -0.3 is 10.1 Å². The Labute approximate surface area is 152 Å². The van der Waals surface area contributed by atoms with Gasteiger partial charge in [0.2, 0.25) is 15.9 Å². The molecule has 9 heteroatoms. The molecule has 1 aromatic carbocycles. The fourth-order valence-corrected chi connectivity index (χ4v) is 3.93. The fourth-order valence-electron chi connectivity index (χ4n) is 2.17.